The molecule has 0 saturated heterocycles. The number of nitrogens with zero attached hydrogens (tertiary/aromatic N) is 2. The van der Waals surface area contributed by atoms with E-state index in [1.807, 2.05) is 13.8 Å². The predicted octanol–water partition coefficient (Wildman–Crippen LogP) is 5.53. The predicted molar refractivity (Wildman–Crippen MR) is 158 cm³/mol. The molecule has 40 heavy (non-hydrogen) atoms. The highest BCUT2D eigenvalue weighted by Crippen LogP contribution is 2.28. The summed E-state index contributed by atoms with van der Waals surface area (Å²) in [5.41, 5.74) is 0.791. The highest BCUT2D eigenvalue weighted by molar-refractivity contribution is 7.92. The molecular weight excluding hydrogens is 573 g/mol. The largest absolute Gasteiger partial charge is 0.497 e. The number of anilines is 1. The van der Waals surface area contributed by atoms with Crippen molar-refractivity contribution in [2.75, 3.05) is 18.0 Å². The van der Waals surface area contributed by atoms with Crippen LogP contribution in [-0.4, -0.2) is 50.9 Å². The monoisotopic (exact) mass is 605 g/mol. The summed E-state index contributed by atoms with van der Waals surface area (Å²) in [6.07, 6.45) is 0.703. The summed E-state index contributed by atoms with van der Waals surface area (Å²) in [6, 6.07) is 18.1. The highest BCUT2D eigenvalue weighted by atomic mass is 35.5. The van der Waals surface area contributed by atoms with Crippen molar-refractivity contribution in [1.82, 2.24) is 10.2 Å². The van der Waals surface area contributed by atoms with E-state index >= 15 is 0 Å². The summed E-state index contributed by atoms with van der Waals surface area (Å²) in [6.45, 7) is 4.79. The van der Waals surface area contributed by atoms with Crippen LogP contribution >= 0.6 is 23.2 Å². The van der Waals surface area contributed by atoms with E-state index in [1.54, 1.807) is 61.5 Å². The van der Waals surface area contributed by atoms with Gasteiger partial charge in [0.15, 0.2) is 0 Å². The minimum Gasteiger partial charge on any atom is -0.497 e. The number of amides is 2. The van der Waals surface area contributed by atoms with E-state index < -0.39 is 28.5 Å². The number of rotatable bonds is 12. The first-order valence-corrected chi connectivity index (χ1v) is 14.9. The van der Waals surface area contributed by atoms with Crippen molar-refractivity contribution < 1.29 is 22.7 Å². The first kappa shape index (κ1) is 31.3. The van der Waals surface area contributed by atoms with Crippen molar-refractivity contribution in [3.63, 3.8) is 0 Å². The zero-order chi connectivity index (χ0) is 29.4. The standard InChI is InChI=1S/C29H33Cl2N3O5S/c1-5-20(2)32-29(36)21(3)33(18-22-14-15-23(30)16-27(22)31)28(35)19-34(24-10-9-11-25(17-24)39-4)40(37,38)26-12-7-6-8-13-26/h6-17,20-21H,5,18-19H2,1-4H3,(H,32,36)/t20-,21+/m1/s1. The van der Waals surface area contributed by atoms with Gasteiger partial charge in [0.25, 0.3) is 10.0 Å². The van der Waals surface area contributed by atoms with Crippen LogP contribution in [0.3, 0.4) is 0 Å². The fourth-order valence-corrected chi connectivity index (χ4v) is 5.79. The van der Waals surface area contributed by atoms with Gasteiger partial charge in [0.1, 0.15) is 18.3 Å². The van der Waals surface area contributed by atoms with Crippen LogP contribution in [0.1, 0.15) is 32.8 Å². The number of ether oxygens (including phenoxy) is 1. The number of nitrogens with one attached hydrogen (secondary N) is 1. The van der Waals surface area contributed by atoms with E-state index in [2.05, 4.69) is 5.32 Å². The summed E-state index contributed by atoms with van der Waals surface area (Å²) in [7, 11) is -2.71. The van der Waals surface area contributed by atoms with Crippen LogP contribution in [0.25, 0.3) is 0 Å². The van der Waals surface area contributed by atoms with Gasteiger partial charge in [0.2, 0.25) is 11.8 Å². The van der Waals surface area contributed by atoms with Crippen molar-refractivity contribution >= 4 is 50.7 Å². The molecule has 0 heterocycles. The Balaban J connectivity index is 2.05. The van der Waals surface area contributed by atoms with E-state index in [4.69, 9.17) is 27.9 Å². The Hall–Kier alpha value is -3.27. The van der Waals surface area contributed by atoms with Gasteiger partial charge in [-0.15, -0.1) is 0 Å². The van der Waals surface area contributed by atoms with Crippen molar-refractivity contribution in [3.8, 4) is 5.75 Å². The second-order valence-electron chi connectivity index (χ2n) is 9.28. The fraction of sp³-hybridized carbons (Fsp3) is 0.310. The van der Waals surface area contributed by atoms with Crippen LogP contribution < -0.4 is 14.4 Å². The lowest BCUT2D eigenvalue weighted by Crippen LogP contribution is -2.52. The topological polar surface area (TPSA) is 96.0 Å². The van der Waals surface area contributed by atoms with E-state index in [0.29, 0.717) is 27.8 Å². The molecule has 0 unspecified atom stereocenters. The normalized spacial score (nSPS) is 12.8. The molecule has 2 atom stereocenters. The Morgan fingerprint density at radius 1 is 0.975 bits per heavy atom. The van der Waals surface area contributed by atoms with E-state index in [-0.39, 0.29) is 29.1 Å². The lowest BCUT2D eigenvalue weighted by molar-refractivity contribution is -0.139. The van der Waals surface area contributed by atoms with Gasteiger partial charge in [-0.05, 0) is 62.2 Å². The molecule has 0 saturated carbocycles. The number of benzene rings is 3. The Bertz CT molecular complexity index is 1440. The summed E-state index contributed by atoms with van der Waals surface area (Å²) < 4.78 is 34.0. The number of halogens is 2. The third kappa shape index (κ3) is 7.68. The molecule has 0 bridgehead atoms. The van der Waals surface area contributed by atoms with Crippen LogP contribution in [0.5, 0.6) is 5.75 Å². The average molecular weight is 607 g/mol. The SMILES string of the molecule is CC[C@@H](C)NC(=O)[C@H](C)N(Cc1ccc(Cl)cc1Cl)C(=O)CN(c1cccc(OC)c1)S(=O)(=O)c1ccccc1. The Kier molecular flexibility index (Phi) is 10.8. The summed E-state index contributed by atoms with van der Waals surface area (Å²) in [5.74, 6) is -0.545. The molecule has 2 amide bonds. The van der Waals surface area contributed by atoms with Gasteiger partial charge in [0.05, 0.1) is 17.7 Å². The first-order chi connectivity index (χ1) is 19.0. The maximum absolute atomic E-state index is 14.0. The molecule has 1 N–H and O–H groups in total. The van der Waals surface area contributed by atoms with Crippen molar-refractivity contribution in [2.45, 2.75) is 50.7 Å². The van der Waals surface area contributed by atoms with E-state index in [0.717, 1.165) is 4.31 Å². The van der Waals surface area contributed by atoms with Crippen LogP contribution in [0.2, 0.25) is 10.0 Å². The Morgan fingerprint density at radius 3 is 2.30 bits per heavy atom. The van der Waals surface area contributed by atoms with Crippen molar-refractivity contribution in [3.05, 3.63) is 88.4 Å². The quantitative estimate of drug-likeness (QED) is 0.293. The Labute approximate surface area is 245 Å². The molecule has 214 valence electrons. The first-order valence-electron chi connectivity index (χ1n) is 12.7. The lowest BCUT2D eigenvalue weighted by Gasteiger charge is -2.32. The number of carbonyl (C=O) groups excluding carboxylic acids is 2. The van der Waals surface area contributed by atoms with Crippen LogP contribution in [0, 0.1) is 0 Å². The van der Waals surface area contributed by atoms with Gasteiger partial charge < -0.3 is 15.0 Å². The summed E-state index contributed by atoms with van der Waals surface area (Å²) in [5, 5.41) is 3.64. The molecule has 8 nitrogen and oxygen atoms in total. The smallest absolute Gasteiger partial charge is 0.264 e. The third-order valence-electron chi connectivity index (χ3n) is 6.48. The molecule has 11 heteroatoms. The molecule has 3 rings (SSSR count). The molecule has 0 spiro atoms. The second kappa shape index (κ2) is 13.9. The van der Waals surface area contributed by atoms with Crippen molar-refractivity contribution in [2.24, 2.45) is 0 Å². The zero-order valence-electron chi connectivity index (χ0n) is 22.8. The molecule has 0 aromatic heterocycles. The van der Waals surface area contributed by atoms with Crippen LogP contribution in [0.4, 0.5) is 5.69 Å². The molecule has 3 aromatic rings. The zero-order valence-corrected chi connectivity index (χ0v) is 25.1. The van der Waals surface area contributed by atoms with Gasteiger partial charge in [-0.2, -0.15) is 0 Å². The molecule has 3 aromatic carbocycles. The minimum atomic E-state index is -4.18. The molecular formula is C29H33Cl2N3O5S. The Morgan fingerprint density at radius 2 is 1.68 bits per heavy atom. The van der Waals surface area contributed by atoms with Crippen LogP contribution in [0.15, 0.2) is 77.7 Å². The third-order valence-corrected chi connectivity index (χ3v) is 8.85. The minimum absolute atomic E-state index is 0.0143. The lowest BCUT2D eigenvalue weighted by atomic mass is 10.1. The van der Waals surface area contributed by atoms with Gasteiger partial charge in [-0.3, -0.25) is 13.9 Å². The number of carbonyl (C=O) groups is 2. The number of hydrogen-bond acceptors (Lipinski definition) is 5. The molecule has 0 radical (unpaired) electrons. The molecule has 0 aliphatic heterocycles. The fourth-order valence-electron chi connectivity index (χ4n) is 3.90. The number of sulfonamides is 1. The number of hydrogen-bond donors (Lipinski definition) is 1. The van der Waals surface area contributed by atoms with Gasteiger partial charge >= 0.3 is 0 Å². The summed E-state index contributed by atoms with van der Waals surface area (Å²) in [4.78, 5) is 28.5. The van der Waals surface area contributed by atoms with Gasteiger partial charge in [0, 0.05) is 28.7 Å². The highest BCUT2D eigenvalue weighted by Gasteiger charge is 2.33. The second-order valence-corrected chi connectivity index (χ2v) is 12.0. The van der Waals surface area contributed by atoms with E-state index in [9.17, 15) is 18.0 Å². The molecule has 0 fully saturated rings. The van der Waals surface area contributed by atoms with Crippen LogP contribution in [-0.2, 0) is 26.2 Å². The summed E-state index contributed by atoms with van der Waals surface area (Å²) >= 11 is 12.5. The van der Waals surface area contributed by atoms with Gasteiger partial charge in [-0.25, -0.2) is 8.42 Å². The molecule has 0 aliphatic rings. The van der Waals surface area contributed by atoms with Gasteiger partial charge in [-0.1, -0.05) is 60.5 Å². The maximum atomic E-state index is 14.0. The van der Waals surface area contributed by atoms with Crippen molar-refractivity contribution in [1.29, 1.82) is 0 Å². The van der Waals surface area contributed by atoms with E-state index in [1.165, 1.54) is 30.2 Å². The average Bonchev–Trinajstić information content (AvgIpc) is 2.95. The molecule has 0 aliphatic carbocycles. The maximum Gasteiger partial charge on any atom is 0.264 e. The number of methoxy groups -OCH3 is 1.